The van der Waals surface area contributed by atoms with Gasteiger partial charge in [0.25, 0.3) is 0 Å². The summed E-state index contributed by atoms with van der Waals surface area (Å²) in [6, 6.07) is 0. The quantitative estimate of drug-likeness (QED) is 0.620. The molecule has 0 amide bonds. The number of aliphatic hydroxyl groups excluding tert-OH is 2. The SMILES string of the molecule is C/C(=C\C(O)CCC(C)C)CO. The van der Waals surface area contributed by atoms with E-state index in [-0.39, 0.29) is 12.7 Å². The number of hydrogen-bond donors (Lipinski definition) is 2. The average Bonchev–Trinajstić information content (AvgIpc) is 2.00. The predicted molar refractivity (Wildman–Crippen MR) is 50.9 cm³/mol. The predicted octanol–water partition coefficient (Wildman–Crippen LogP) is 1.72. The standard InChI is InChI=1S/C10H20O2/c1-8(2)4-5-10(12)6-9(3)7-11/h6,8,10-12H,4-5,7H2,1-3H3/b9-6+. The molecule has 0 aromatic rings. The van der Waals surface area contributed by atoms with Crippen LogP contribution < -0.4 is 0 Å². The fraction of sp³-hybridized carbons (Fsp3) is 0.800. The monoisotopic (exact) mass is 172 g/mol. The molecule has 2 heteroatoms. The lowest BCUT2D eigenvalue weighted by atomic mass is 10.0. The molecule has 0 aromatic heterocycles. The molecule has 0 aliphatic carbocycles. The van der Waals surface area contributed by atoms with Crippen LogP contribution in [0.5, 0.6) is 0 Å². The van der Waals surface area contributed by atoms with Crippen LogP contribution in [0.15, 0.2) is 11.6 Å². The Labute approximate surface area is 74.9 Å². The summed E-state index contributed by atoms with van der Waals surface area (Å²) in [5, 5.41) is 18.1. The molecule has 0 aromatic carbocycles. The van der Waals surface area contributed by atoms with E-state index in [0.717, 1.165) is 18.4 Å². The second-order valence-electron chi connectivity index (χ2n) is 3.71. The number of rotatable bonds is 5. The summed E-state index contributed by atoms with van der Waals surface area (Å²) in [7, 11) is 0. The Balaban J connectivity index is 3.65. The van der Waals surface area contributed by atoms with Crippen molar-refractivity contribution in [3.05, 3.63) is 11.6 Å². The van der Waals surface area contributed by atoms with Crippen LogP contribution in [0.1, 0.15) is 33.6 Å². The van der Waals surface area contributed by atoms with Gasteiger partial charge in [0.1, 0.15) is 0 Å². The lowest BCUT2D eigenvalue weighted by Gasteiger charge is -2.08. The molecular weight excluding hydrogens is 152 g/mol. The maximum absolute atomic E-state index is 9.41. The van der Waals surface area contributed by atoms with Gasteiger partial charge in [-0.3, -0.25) is 0 Å². The minimum atomic E-state index is -0.389. The highest BCUT2D eigenvalue weighted by Gasteiger charge is 2.02. The third kappa shape index (κ3) is 6.38. The molecular formula is C10H20O2. The first-order chi connectivity index (χ1) is 5.56. The van der Waals surface area contributed by atoms with Gasteiger partial charge in [0.2, 0.25) is 0 Å². The Hall–Kier alpha value is -0.340. The van der Waals surface area contributed by atoms with E-state index < -0.39 is 0 Å². The zero-order valence-electron chi connectivity index (χ0n) is 8.25. The Morgan fingerprint density at radius 3 is 2.33 bits per heavy atom. The summed E-state index contributed by atoms with van der Waals surface area (Å²) in [5.41, 5.74) is 0.839. The van der Waals surface area contributed by atoms with Crippen molar-refractivity contribution in [3.8, 4) is 0 Å². The first-order valence-electron chi connectivity index (χ1n) is 4.52. The lowest BCUT2D eigenvalue weighted by Crippen LogP contribution is -2.05. The third-order valence-electron chi connectivity index (χ3n) is 1.77. The number of aliphatic hydroxyl groups is 2. The van der Waals surface area contributed by atoms with Gasteiger partial charge in [-0.1, -0.05) is 19.9 Å². The van der Waals surface area contributed by atoms with Gasteiger partial charge in [-0.15, -0.1) is 0 Å². The van der Waals surface area contributed by atoms with Crippen LogP contribution in [0.25, 0.3) is 0 Å². The molecule has 0 radical (unpaired) electrons. The van der Waals surface area contributed by atoms with Crippen molar-refractivity contribution < 1.29 is 10.2 Å². The largest absolute Gasteiger partial charge is 0.392 e. The zero-order chi connectivity index (χ0) is 9.56. The van der Waals surface area contributed by atoms with Crippen molar-refractivity contribution in [2.24, 2.45) is 5.92 Å². The summed E-state index contributed by atoms with van der Waals surface area (Å²) in [5.74, 6) is 0.627. The molecule has 0 bridgehead atoms. The molecule has 1 atom stereocenters. The fourth-order valence-corrected chi connectivity index (χ4v) is 0.969. The molecule has 0 heterocycles. The van der Waals surface area contributed by atoms with Crippen LogP contribution in [0.4, 0.5) is 0 Å². The molecule has 2 N–H and O–H groups in total. The molecule has 0 aliphatic rings. The van der Waals surface area contributed by atoms with Crippen molar-refractivity contribution in [2.75, 3.05) is 6.61 Å². The minimum absolute atomic E-state index is 0.0404. The van der Waals surface area contributed by atoms with Crippen molar-refractivity contribution in [1.29, 1.82) is 0 Å². The first-order valence-corrected chi connectivity index (χ1v) is 4.52. The first kappa shape index (κ1) is 11.7. The lowest BCUT2D eigenvalue weighted by molar-refractivity contribution is 0.200. The van der Waals surface area contributed by atoms with Gasteiger partial charge in [0.05, 0.1) is 12.7 Å². The highest BCUT2D eigenvalue weighted by atomic mass is 16.3. The van der Waals surface area contributed by atoms with E-state index in [9.17, 15) is 5.11 Å². The van der Waals surface area contributed by atoms with Crippen LogP contribution in [0.2, 0.25) is 0 Å². The van der Waals surface area contributed by atoms with Crippen LogP contribution in [0.3, 0.4) is 0 Å². The summed E-state index contributed by atoms with van der Waals surface area (Å²) >= 11 is 0. The molecule has 0 rings (SSSR count). The maximum atomic E-state index is 9.41. The van der Waals surface area contributed by atoms with Crippen molar-refractivity contribution in [3.63, 3.8) is 0 Å². The molecule has 12 heavy (non-hydrogen) atoms. The van der Waals surface area contributed by atoms with Crippen LogP contribution in [0, 0.1) is 5.92 Å². The van der Waals surface area contributed by atoms with Crippen molar-refractivity contribution in [2.45, 2.75) is 39.7 Å². The Kier molecular flexibility index (Phi) is 6.03. The van der Waals surface area contributed by atoms with Gasteiger partial charge < -0.3 is 10.2 Å². The van der Waals surface area contributed by atoms with Crippen molar-refractivity contribution in [1.82, 2.24) is 0 Å². The minimum Gasteiger partial charge on any atom is -0.392 e. The van der Waals surface area contributed by atoms with E-state index in [4.69, 9.17) is 5.11 Å². The van der Waals surface area contributed by atoms with E-state index >= 15 is 0 Å². The second-order valence-corrected chi connectivity index (χ2v) is 3.71. The Morgan fingerprint density at radius 2 is 1.92 bits per heavy atom. The van der Waals surface area contributed by atoms with Gasteiger partial charge in [0.15, 0.2) is 0 Å². The van der Waals surface area contributed by atoms with E-state index in [1.165, 1.54) is 0 Å². The van der Waals surface area contributed by atoms with E-state index in [2.05, 4.69) is 13.8 Å². The zero-order valence-corrected chi connectivity index (χ0v) is 8.25. The smallest absolute Gasteiger partial charge is 0.0724 e. The molecule has 72 valence electrons. The van der Waals surface area contributed by atoms with Gasteiger partial charge in [0, 0.05) is 0 Å². The van der Waals surface area contributed by atoms with Crippen molar-refractivity contribution >= 4 is 0 Å². The third-order valence-corrected chi connectivity index (χ3v) is 1.77. The van der Waals surface area contributed by atoms with Gasteiger partial charge in [-0.2, -0.15) is 0 Å². The van der Waals surface area contributed by atoms with Crippen LogP contribution in [-0.2, 0) is 0 Å². The normalized spacial score (nSPS) is 15.3. The van der Waals surface area contributed by atoms with Gasteiger partial charge in [-0.25, -0.2) is 0 Å². The molecule has 0 aliphatic heterocycles. The molecule has 0 saturated heterocycles. The van der Waals surface area contributed by atoms with E-state index in [0.29, 0.717) is 5.92 Å². The Bertz CT molecular complexity index is 139. The molecule has 0 spiro atoms. The molecule has 1 unspecified atom stereocenters. The maximum Gasteiger partial charge on any atom is 0.0724 e. The molecule has 0 saturated carbocycles. The molecule has 0 fully saturated rings. The summed E-state index contributed by atoms with van der Waals surface area (Å²) < 4.78 is 0. The second kappa shape index (κ2) is 6.21. The highest BCUT2D eigenvalue weighted by Crippen LogP contribution is 2.08. The van der Waals surface area contributed by atoms with E-state index in [1.54, 1.807) is 6.08 Å². The summed E-state index contributed by atoms with van der Waals surface area (Å²) in [4.78, 5) is 0. The Morgan fingerprint density at radius 1 is 1.33 bits per heavy atom. The topological polar surface area (TPSA) is 40.5 Å². The average molecular weight is 172 g/mol. The summed E-state index contributed by atoms with van der Waals surface area (Å²) in [6.07, 6.45) is 3.15. The van der Waals surface area contributed by atoms with Gasteiger partial charge >= 0.3 is 0 Å². The highest BCUT2D eigenvalue weighted by molar-refractivity contribution is 5.01. The summed E-state index contributed by atoms with van der Waals surface area (Å²) in [6.45, 7) is 6.13. The molecule has 2 nitrogen and oxygen atoms in total. The van der Waals surface area contributed by atoms with Crippen LogP contribution in [-0.4, -0.2) is 22.9 Å². The number of hydrogen-bond acceptors (Lipinski definition) is 2. The van der Waals surface area contributed by atoms with Crippen LogP contribution >= 0.6 is 0 Å². The fourth-order valence-electron chi connectivity index (χ4n) is 0.969. The van der Waals surface area contributed by atoms with E-state index in [1.807, 2.05) is 6.92 Å². The van der Waals surface area contributed by atoms with Gasteiger partial charge in [-0.05, 0) is 31.3 Å².